The molecule has 0 atom stereocenters. The van der Waals surface area contributed by atoms with Gasteiger partial charge in [0, 0.05) is 5.56 Å². The molecule has 1 aromatic carbocycles. The Balaban J connectivity index is 1.83. The summed E-state index contributed by atoms with van der Waals surface area (Å²) >= 11 is 0. The highest BCUT2D eigenvalue weighted by molar-refractivity contribution is 5.75. The molecule has 1 aliphatic rings. The van der Waals surface area contributed by atoms with Gasteiger partial charge in [-0.25, -0.2) is 9.67 Å². The van der Waals surface area contributed by atoms with Gasteiger partial charge in [0.05, 0.1) is 29.3 Å². The molecule has 5 rings (SSSR count). The highest BCUT2D eigenvalue weighted by atomic mass is 16.5. The average Bonchev–Trinajstić information content (AvgIpc) is 3.26. The summed E-state index contributed by atoms with van der Waals surface area (Å²) in [6, 6.07) is 6.35. The van der Waals surface area contributed by atoms with Crippen LogP contribution in [0.15, 0.2) is 29.0 Å². The van der Waals surface area contributed by atoms with E-state index in [1.165, 1.54) is 5.56 Å². The molecule has 3 aromatic heterocycles. The maximum Gasteiger partial charge on any atom is 0.278 e. The molecule has 8 nitrogen and oxygen atoms in total. The topological polar surface area (TPSA) is 87.4 Å². The van der Waals surface area contributed by atoms with Crippen LogP contribution in [-0.4, -0.2) is 34.7 Å². The molecule has 0 aliphatic carbocycles. The standard InChI is InChI=1S/C17H15N7O/c1-9-4-5-13-12(6-9)16-10(2)20-22-24(16)7-14-15(18-8-23(13)14)17-19-11(3)21-25-17/h4-6,8H,7H2,1-3H3. The van der Waals surface area contributed by atoms with Crippen LogP contribution >= 0.6 is 0 Å². The van der Waals surface area contributed by atoms with Gasteiger partial charge in [-0.1, -0.05) is 22.0 Å². The van der Waals surface area contributed by atoms with Crippen LogP contribution in [0.4, 0.5) is 0 Å². The Morgan fingerprint density at radius 1 is 1.16 bits per heavy atom. The Morgan fingerprint density at radius 2 is 2.04 bits per heavy atom. The predicted molar refractivity (Wildman–Crippen MR) is 89.2 cm³/mol. The average molecular weight is 333 g/mol. The van der Waals surface area contributed by atoms with Crippen LogP contribution in [-0.2, 0) is 6.54 Å². The first-order chi connectivity index (χ1) is 12.1. The molecule has 0 radical (unpaired) electrons. The minimum absolute atomic E-state index is 0.417. The predicted octanol–water partition coefficient (Wildman–Crippen LogP) is 2.47. The fourth-order valence-electron chi connectivity index (χ4n) is 3.34. The zero-order valence-electron chi connectivity index (χ0n) is 14.1. The van der Waals surface area contributed by atoms with E-state index >= 15 is 0 Å². The largest absolute Gasteiger partial charge is 0.332 e. The SMILES string of the molecule is Cc1ccc2c(c1)-c1c(C)nnn1Cc1c(-c3nc(C)no3)ncn1-2. The van der Waals surface area contributed by atoms with E-state index in [9.17, 15) is 0 Å². The first-order valence-electron chi connectivity index (χ1n) is 8.00. The van der Waals surface area contributed by atoms with Crippen molar-refractivity contribution in [3.8, 4) is 28.5 Å². The molecule has 0 spiro atoms. The Hall–Kier alpha value is -3.29. The van der Waals surface area contributed by atoms with Crippen molar-refractivity contribution in [3.63, 3.8) is 0 Å². The lowest BCUT2D eigenvalue weighted by Gasteiger charge is -2.10. The van der Waals surface area contributed by atoms with Crippen molar-refractivity contribution in [2.75, 3.05) is 0 Å². The van der Waals surface area contributed by atoms with Crippen molar-refractivity contribution in [1.29, 1.82) is 0 Å². The third-order valence-electron chi connectivity index (χ3n) is 4.47. The second-order valence-corrected chi connectivity index (χ2v) is 6.26. The van der Waals surface area contributed by atoms with Gasteiger partial charge in [-0.05, 0) is 32.9 Å². The smallest absolute Gasteiger partial charge is 0.278 e. The lowest BCUT2D eigenvalue weighted by Crippen LogP contribution is -2.06. The minimum atomic E-state index is 0.417. The van der Waals surface area contributed by atoms with E-state index in [1.807, 2.05) is 11.6 Å². The number of benzene rings is 1. The van der Waals surface area contributed by atoms with E-state index in [4.69, 9.17) is 4.52 Å². The summed E-state index contributed by atoms with van der Waals surface area (Å²) in [7, 11) is 0. The van der Waals surface area contributed by atoms with Gasteiger partial charge in [0.2, 0.25) is 0 Å². The molecule has 0 fully saturated rings. The van der Waals surface area contributed by atoms with E-state index in [2.05, 4.69) is 55.1 Å². The second-order valence-electron chi connectivity index (χ2n) is 6.26. The maximum atomic E-state index is 5.33. The summed E-state index contributed by atoms with van der Waals surface area (Å²) in [6.07, 6.45) is 1.80. The summed E-state index contributed by atoms with van der Waals surface area (Å²) < 4.78 is 9.30. The number of hydrogen-bond donors (Lipinski definition) is 0. The monoisotopic (exact) mass is 333 g/mol. The van der Waals surface area contributed by atoms with Gasteiger partial charge >= 0.3 is 0 Å². The van der Waals surface area contributed by atoms with E-state index < -0.39 is 0 Å². The Kier molecular flexibility index (Phi) is 2.74. The zero-order valence-corrected chi connectivity index (χ0v) is 14.1. The minimum Gasteiger partial charge on any atom is -0.332 e. The zero-order chi connectivity index (χ0) is 17.1. The molecule has 124 valence electrons. The van der Waals surface area contributed by atoms with Crippen LogP contribution in [0.2, 0.25) is 0 Å². The summed E-state index contributed by atoms with van der Waals surface area (Å²) in [5, 5.41) is 12.5. The molecule has 8 heteroatoms. The van der Waals surface area contributed by atoms with Gasteiger partial charge in [-0.3, -0.25) is 4.57 Å². The van der Waals surface area contributed by atoms with E-state index in [0.717, 1.165) is 28.3 Å². The molecule has 4 aromatic rings. The van der Waals surface area contributed by atoms with Crippen LogP contribution in [0, 0.1) is 20.8 Å². The fraction of sp³-hybridized carbons (Fsp3) is 0.235. The number of fused-ring (bicyclic) bond motifs is 5. The van der Waals surface area contributed by atoms with E-state index in [1.54, 1.807) is 13.3 Å². The third-order valence-corrected chi connectivity index (χ3v) is 4.47. The number of imidazole rings is 1. The second kappa shape index (κ2) is 4.85. The maximum absolute atomic E-state index is 5.33. The quantitative estimate of drug-likeness (QED) is 0.468. The summed E-state index contributed by atoms with van der Waals surface area (Å²) in [6.45, 7) is 6.38. The number of aromatic nitrogens is 7. The highest BCUT2D eigenvalue weighted by Gasteiger charge is 2.27. The molecule has 0 bridgehead atoms. The highest BCUT2D eigenvalue weighted by Crippen LogP contribution is 2.36. The summed E-state index contributed by atoms with van der Waals surface area (Å²) in [5.74, 6) is 0.999. The van der Waals surface area contributed by atoms with Crippen LogP contribution in [0.1, 0.15) is 22.8 Å². The number of hydrogen-bond acceptors (Lipinski definition) is 6. The fourth-order valence-corrected chi connectivity index (χ4v) is 3.34. The third kappa shape index (κ3) is 1.97. The first kappa shape index (κ1) is 14.1. The lowest BCUT2D eigenvalue weighted by atomic mass is 10.0. The van der Waals surface area contributed by atoms with Gasteiger partial charge in [-0.2, -0.15) is 4.98 Å². The van der Waals surface area contributed by atoms with Gasteiger partial charge in [0.15, 0.2) is 11.5 Å². The Labute approximate surface area is 143 Å². The van der Waals surface area contributed by atoms with Crippen molar-refractivity contribution >= 4 is 0 Å². The van der Waals surface area contributed by atoms with Crippen molar-refractivity contribution in [3.05, 3.63) is 47.3 Å². The molecule has 0 saturated heterocycles. The van der Waals surface area contributed by atoms with Crippen molar-refractivity contribution in [1.82, 2.24) is 34.7 Å². The van der Waals surface area contributed by atoms with Crippen molar-refractivity contribution in [2.24, 2.45) is 0 Å². The van der Waals surface area contributed by atoms with Crippen molar-refractivity contribution < 1.29 is 4.52 Å². The van der Waals surface area contributed by atoms with Crippen LogP contribution in [0.5, 0.6) is 0 Å². The summed E-state index contributed by atoms with van der Waals surface area (Å²) in [4.78, 5) is 8.85. The molecule has 25 heavy (non-hydrogen) atoms. The van der Waals surface area contributed by atoms with Gasteiger partial charge in [-0.15, -0.1) is 5.10 Å². The number of rotatable bonds is 1. The van der Waals surface area contributed by atoms with E-state index in [-0.39, 0.29) is 0 Å². The Morgan fingerprint density at radius 3 is 2.84 bits per heavy atom. The normalized spacial score (nSPS) is 12.4. The molecule has 0 saturated carbocycles. The van der Waals surface area contributed by atoms with Gasteiger partial charge in [0.1, 0.15) is 6.33 Å². The molecule has 0 N–H and O–H groups in total. The molecular formula is C17H15N7O. The van der Waals surface area contributed by atoms with Crippen LogP contribution < -0.4 is 0 Å². The Bertz CT molecular complexity index is 1120. The van der Waals surface area contributed by atoms with Gasteiger partial charge in [0.25, 0.3) is 5.89 Å². The summed E-state index contributed by atoms with van der Waals surface area (Å²) in [5.41, 5.74) is 6.86. The number of aryl methyl sites for hydroxylation is 3. The molecule has 0 amide bonds. The van der Waals surface area contributed by atoms with Crippen LogP contribution in [0.25, 0.3) is 28.5 Å². The van der Waals surface area contributed by atoms with Crippen LogP contribution in [0.3, 0.4) is 0 Å². The first-order valence-corrected chi connectivity index (χ1v) is 8.00. The number of nitrogens with zero attached hydrogens (tertiary/aromatic N) is 7. The van der Waals surface area contributed by atoms with Gasteiger partial charge < -0.3 is 4.52 Å². The molecule has 4 heterocycles. The molecular weight excluding hydrogens is 318 g/mol. The molecule has 1 aliphatic heterocycles. The lowest BCUT2D eigenvalue weighted by molar-refractivity contribution is 0.424. The van der Waals surface area contributed by atoms with E-state index in [0.29, 0.717) is 24.0 Å². The van der Waals surface area contributed by atoms with Crippen molar-refractivity contribution in [2.45, 2.75) is 27.3 Å². The molecule has 0 unspecified atom stereocenters.